The fourth-order valence-electron chi connectivity index (χ4n) is 4.60. The van der Waals surface area contributed by atoms with Crippen molar-refractivity contribution in [2.24, 2.45) is 4.99 Å². The van der Waals surface area contributed by atoms with Crippen molar-refractivity contribution in [2.45, 2.75) is 39.7 Å². The van der Waals surface area contributed by atoms with Crippen LogP contribution in [0.25, 0.3) is 0 Å². The molecule has 0 aromatic heterocycles. The van der Waals surface area contributed by atoms with Crippen LogP contribution in [0.15, 0.2) is 77.8 Å². The first-order valence-electron chi connectivity index (χ1n) is 13.4. The van der Waals surface area contributed by atoms with E-state index in [1.54, 1.807) is 0 Å². The Morgan fingerprint density at radius 1 is 0.973 bits per heavy atom. The molecule has 3 aromatic carbocycles. The molecule has 1 unspecified atom stereocenters. The van der Waals surface area contributed by atoms with Gasteiger partial charge < -0.3 is 14.6 Å². The second-order valence-electron chi connectivity index (χ2n) is 10.0. The summed E-state index contributed by atoms with van der Waals surface area (Å²) in [6.45, 7) is 9.95. The summed E-state index contributed by atoms with van der Waals surface area (Å²) >= 11 is 0. The van der Waals surface area contributed by atoms with E-state index in [1.165, 1.54) is 22.3 Å². The van der Waals surface area contributed by atoms with Gasteiger partial charge in [-0.15, -0.1) is 0 Å². The number of hydrogen-bond acceptors (Lipinski definition) is 5. The summed E-state index contributed by atoms with van der Waals surface area (Å²) in [5.74, 6) is 1.87. The number of benzene rings is 3. The molecule has 0 radical (unpaired) electrons. The third-order valence-electron chi connectivity index (χ3n) is 7.11. The lowest BCUT2D eigenvalue weighted by Gasteiger charge is -2.36. The smallest absolute Gasteiger partial charge is 0.149 e. The molecule has 3 aromatic rings. The molecule has 1 heterocycles. The van der Waals surface area contributed by atoms with Gasteiger partial charge in [-0.3, -0.25) is 0 Å². The lowest BCUT2D eigenvalue weighted by molar-refractivity contribution is -0.0172. The molecule has 196 valence electrons. The molecule has 1 fully saturated rings. The predicted octanol–water partition coefficient (Wildman–Crippen LogP) is 5.76. The van der Waals surface area contributed by atoms with Crippen molar-refractivity contribution in [3.05, 3.63) is 95.1 Å². The Bertz CT molecular complexity index is 1180. The summed E-state index contributed by atoms with van der Waals surface area (Å²) in [5.41, 5.74) is 9.21. The van der Waals surface area contributed by atoms with Gasteiger partial charge in [-0.05, 0) is 69.3 Å². The van der Waals surface area contributed by atoms with Crippen LogP contribution in [0.4, 0.5) is 5.69 Å². The Kier molecular flexibility index (Phi) is 9.34. The molecule has 0 aliphatic carbocycles. The highest BCUT2D eigenvalue weighted by Gasteiger charge is 2.23. The first kappa shape index (κ1) is 26.9. The largest absolute Gasteiger partial charge is 0.394 e. The fourth-order valence-corrected chi connectivity index (χ4v) is 4.60. The highest BCUT2D eigenvalue weighted by molar-refractivity contribution is 6.01. The Morgan fingerprint density at radius 2 is 1.70 bits per heavy atom. The van der Waals surface area contributed by atoms with E-state index < -0.39 is 0 Å². The van der Waals surface area contributed by atoms with Gasteiger partial charge in [-0.25, -0.2) is 10.0 Å². The molecule has 1 aliphatic rings. The number of hydrazine groups is 1. The van der Waals surface area contributed by atoms with E-state index in [1.807, 2.05) is 12.1 Å². The number of nitrogens with zero attached hydrogens (tertiary/aromatic N) is 4. The minimum Gasteiger partial charge on any atom is -0.394 e. The van der Waals surface area contributed by atoms with Crippen molar-refractivity contribution in [3.8, 4) is 5.75 Å². The summed E-state index contributed by atoms with van der Waals surface area (Å²) in [6, 6.07) is 25.7. The Balaban J connectivity index is 1.46. The van der Waals surface area contributed by atoms with Crippen LogP contribution >= 0.6 is 0 Å². The monoisotopic (exact) mass is 499 g/mol. The average Bonchev–Trinajstić information content (AvgIpc) is 2.92. The second-order valence-corrected chi connectivity index (χ2v) is 10.0. The summed E-state index contributed by atoms with van der Waals surface area (Å²) in [7, 11) is 4.18. The highest BCUT2D eigenvalue weighted by atomic mass is 16.7. The molecule has 1 atom stereocenters. The van der Waals surface area contributed by atoms with Gasteiger partial charge in [0.15, 0.2) is 0 Å². The molecular formula is C31H41N5O. The zero-order valence-corrected chi connectivity index (χ0v) is 22.9. The van der Waals surface area contributed by atoms with Gasteiger partial charge in [0.2, 0.25) is 0 Å². The molecule has 1 saturated heterocycles. The van der Waals surface area contributed by atoms with E-state index in [0.717, 1.165) is 56.3 Å². The average molecular weight is 500 g/mol. The van der Waals surface area contributed by atoms with Crippen LogP contribution in [0.2, 0.25) is 0 Å². The van der Waals surface area contributed by atoms with E-state index in [2.05, 4.69) is 116 Å². The molecule has 0 spiro atoms. The van der Waals surface area contributed by atoms with E-state index in [-0.39, 0.29) is 0 Å². The number of rotatable bonds is 9. The van der Waals surface area contributed by atoms with Crippen LogP contribution < -0.4 is 10.4 Å². The number of aryl methyl sites for hydroxylation is 2. The van der Waals surface area contributed by atoms with Crippen molar-refractivity contribution in [2.75, 3.05) is 40.3 Å². The molecule has 37 heavy (non-hydrogen) atoms. The van der Waals surface area contributed by atoms with Gasteiger partial charge in [-0.1, -0.05) is 73.5 Å². The van der Waals surface area contributed by atoms with Gasteiger partial charge in [0.1, 0.15) is 11.6 Å². The van der Waals surface area contributed by atoms with Gasteiger partial charge in [0.05, 0.1) is 5.69 Å². The molecule has 0 bridgehead atoms. The number of hydrogen-bond donors (Lipinski definition) is 1. The maximum Gasteiger partial charge on any atom is 0.149 e. The number of nitrogens with one attached hydrogen (secondary N) is 1. The normalized spacial score (nSPS) is 15.7. The maximum atomic E-state index is 5.96. The summed E-state index contributed by atoms with van der Waals surface area (Å²) < 4.78 is 0. The Morgan fingerprint density at radius 3 is 2.43 bits per heavy atom. The first-order valence-corrected chi connectivity index (χ1v) is 13.4. The molecule has 6 nitrogen and oxygen atoms in total. The van der Waals surface area contributed by atoms with Crippen molar-refractivity contribution in [1.29, 1.82) is 0 Å². The van der Waals surface area contributed by atoms with Gasteiger partial charge in [0.25, 0.3) is 0 Å². The van der Waals surface area contributed by atoms with Crippen molar-refractivity contribution < 1.29 is 4.84 Å². The van der Waals surface area contributed by atoms with Crippen LogP contribution in [0.3, 0.4) is 0 Å². The molecule has 1 N–H and O–H groups in total. The van der Waals surface area contributed by atoms with Crippen LogP contribution in [-0.2, 0) is 6.42 Å². The predicted molar refractivity (Wildman–Crippen MR) is 153 cm³/mol. The first-order chi connectivity index (χ1) is 18.0. The fraction of sp³-hybridized carbons (Fsp3) is 0.387. The molecule has 0 saturated carbocycles. The molecule has 1 aliphatic heterocycles. The Labute approximate surface area is 222 Å². The summed E-state index contributed by atoms with van der Waals surface area (Å²) in [6.07, 6.45) is 2.14. The molecule has 6 heteroatoms. The number of aliphatic imine (C=N–C) groups is 1. The van der Waals surface area contributed by atoms with E-state index in [9.17, 15) is 0 Å². The van der Waals surface area contributed by atoms with E-state index in [0.29, 0.717) is 6.04 Å². The van der Waals surface area contributed by atoms with Gasteiger partial charge in [0, 0.05) is 37.8 Å². The third kappa shape index (κ3) is 6.98. The number of piperazine rings is 1. The molecule has 0 amide bonds. The van der Waals surface area contributed by atoms with Crippen LogP contribution in [-0.4, -0.2) is 60.9 Å². The van der Waals surface area contributed by atoms with Crippen molar-refractivity contribution >= 4 is 11.5 Å². The summed E-state index contributed by atoms with van der Waals surface area (Å²) in [5, 5.41) is 2.14. The zero-order chi connectivity index (χ0) is 26.2. The lowest BCUT2D eigenvalue weighted by Crippen LogP contribution is -2.54. The van der Waals surface area contributed by atoms with Crippen molar-refractivity contribution in [1.82, 2.24) is 20.4 Å². The minimum atomic E-state index is 0.328. The second kappa shape index (κ2) is 12.9. The highest BCUT2D eigenvalue weighted by Crippen LogP contribution is 2.25. The quantitative estimate of drug-likeness (QED) is 0.230. The summed E-state index contributed by atoms with van der Waals surface area (Å²) in [4.78, 5) is 15.8. The maximum absolute atomic E-state index is 5.96. The van der Waals surface area contributed by atoms with E-state index >= 15 is 0 Å². The van der Waals surface area contributed by atoms with Crippen molar-refractivity contribution in [3.63, 3.8) is 0 Å². The van der Waals surface area contributed by atoms with Crippen LogP contribution in [0, 0.1) is 6.92 Å². The SMILES string of the molecule is CCCc1ccccc1N=C(c1ccccc1C)N1CCN(NOc2cccc(C(C)N(C)C)c2)CC1. The van der Waals surface area contributed by atoms with E-state index in [4.69, 9.17) is 9.83 Å². The van der Waals surface area contributed by atoms with Crippen LogP contribution in [0.5, 0.6) is 5.75 Å². The lowest BCUT2D eigenvalue weighted by atomic mass is 10.1. The molecule has 4 rings (SSSR count). The van der Waals surface area contributed by atoms with Crippen LogP contribution in [0.1, 0.15) is 48.6 Å². The van der Waals surface area contributed by atoms with Gasteiger partial charge in [-0.2, -0.15) is 0 Å². The molecular weight excluding hydrogens is 458 g/mol. The standard InChI is InChI=1S/C31H41N5O/c1-6-12-26-14-8-10-18-30(26)32-31(29-17-9-7-13-24(29)2)35-19-21-36(22-20-35)33-37-28-16-11-15-27(23-28)25(3)34(4)5/h7-11,13-18,23,25,33H,6,12,19-22H2,1-5H3. The topological polar surface area (TPSA) is 43.3 Å². The number of amidine groups is 1. The minimum absolute atomic E-state index is 0.328. The third-order valence-corrected chi connectivity index (χ3v) is 7.11. The zero-order valence-electron chi connectivity index (χ0n) is 22.9. The number of para-hydroxylation sites is 1. The van der Waals surface area contributed by atoms with Gasteiger partial charge >= 0.3 is 0 Å². The Hall–Kier alpha value is -3.19.